The first-order valence-electron chi connectivity index (χ1n) is 5.04. The van der Waals surface area contributed by atoms with E-state index < -0.39 is 18.0 Å². The summed E-state index contributed by atoms with van der Waals surface area (Å²) in [7, 11) is 0. The number of carboxylic acids is 1. The number of thiol groups is 1. The highest BCUT2D eigenvalue weighted by Crippen LogP contribution is 2.14. The molecule has 4 nitrogen and oxygen atoms in total. The molecule has 0 aromatic rings. The van der Waals surface area contributed by atoms with Gasteiger partial charge < -0.3 is 9.84 Å². The second-order valence-electron chi connectivity index (χ2n) is 3.73. The van der Waals surface area contributed by atoms with Gasteiger partial charge >= 0.3 is 11.9 Å². The fraction of sp³-hybridized carbons (Fsp3) is 0.800. The minimum atomic E-state index is -1.10. The number of thioether (sulfide) groups is 1. The summed E-state index contributed by atoms with van der Waals surface area (Å²) in [6, 6.07) is 0. The van der Waals surface area contributed by atoms with E-state index in [1.807, 2.05) is 13.8 Å². The van der Waals surface area contributed by atoms with Crippen LogP contribution in [0.5, 0.6) is 0 Å². The van der Waals surface area contributed by atoms with Crippen LogP contribution in [0.1, 0.15) is 20.8 Å². The van der Waals surface area contributed by atoms with Crippen molar-refractivity contribution in [2.24, 2.45) is 5.92 Å². The molecule has 0 aliphatic heterocycles. The topological polar surface area (TPSA) is 63.6 Å². The van der Waals surface area contributed by atoms with Gasteiger partial charge in [-0.05, 0) is 5.25 Å². The summed E-state index contributed by atoms with van der Waals surface area (Å²) in [6.45, 7) is 5.58. The standard InChI is InChI=1S/C10H18O4S2/c1-6(2)16-5-8(9(11)12)14-10(13)7(3)4-15/h6-8,15H,4-5H2,1-3H3,(H,11,12)/t7?,8-/m0/s1. The lowest BCUT2D eigenvalue weighted by Gasteiger charge is -2.16. The number of ether oxygens (including phenoxy) is 1. The lowest BCUT2D eigenvalue weighted by atomic mass is 10.2. The summed E-state index contributed by atoms with van der Waals surface area (Å²) in [4.78, 5) is 22.2. The van der Waals surface area contributed by atoms with Crippen LogP contribution in [0.4, 0.5) is 0 Å². The summed E-state index contributed by atoms with van der Waals surface area (Å²) < 4.78 is 4.91. The predicted octanol–water partition coefficient (Wildman–Crippen LogP) is 1.69. The number of hydrogen-bond acceptors (Lipinski definition) is 5. The minimum absolute atomic E-state index is 0.276. The fourth-order valence-electron chi connectivity index (χ4n) is 0.766. The molecule has 1 unspecified atom stereocenters. The zero-order chi connectivity index (χ0) is 12.7. The van der Waals surface area contributed by atoms with Crippen LogP contribution >= 0.6 is 24.4 Å². The summed E-state index contributed by atoms with van der Waals surface area (Å²) in [5, 5.41) is 9.19. The SMILES string of the molecule is CC(C)SC[C@H](OC(=O)C(C)CS)C(=O)O. The molecule has 0 fully saturated rings. The van der Waals surface area contributed by atoms with Crippen LogP contribution in [0, 0.1) is 5.92 Å². The highest BCUT2D eigenvalue weighted by molar-refractivity contribution is 7.99. The number of carbonyl (C=O) groups excluding carboxylic acids is 1. The van der Waals surface area contributed by atoms with Crippen LogP contribution in [-0.4, -0.2) is 39.9 Å². The molecule has 0 aromatic heterocycles. The lowest BCUT2D eigenvalue weighted by molar-refractivity contribution is -0.164. The van der Waals surface area contributed by atoms with Crippen molar-refractivity contribution in [1.29, 1.82) is 0 Å². The molecule has 0 amide bonds. The molecule has 0 rings (SSSR count). The first-order chi connectivity index (χ1) is 7.38. The molecule has 16 heavy (non-hydrogen) atoms. The minimum Gasteiger partial charge on any atom is -0.478 e. The molecule has 0 heterocycles. The van der Waals surface area contributed by atoms with Gasteiger partial charge in [0.05, 0.1) is 5.92 Å². The number of carbonyl (C=O) groups is 2. The van der Waals surface area contributed by atoms with Crippen molar-refractivity contribution in [1.82, 2.24) is 0 Å². The molecule has 1 N–H and O–H groups in total. The van der Waals surface area contributed by atoms with E-state index >= 15 is 0 Å². The maximum absolute atomic E-state index is 11.4. The average Bonchev–Trinajstić information content (AvgIpc) is 2.21. The van der Waals surface area contributed by atoms with Crippen molar-refractivity contribution in [3.05, 3.63) is 0 Å². The number of rotatable bonds is 7. The third-order valence-electron chi connectivity index (χ3n) is 1.79. The van der Waals surface area contributed by atoms with Crippen molar-refractivity contribution in [2.45, 2.75) is 32.1 Å². The van der Waals surface area contributed by atoms with Crippen LogP contribution in [-0.2, 0) is 14.3 Å². The average molecular weight is 266 g/mol. The number of aliphatic carboxylic acids is 1. The van der Waals surface area contributed by atoms with Crippen molar-refractivity contribution in [3.8, 4) is 0 Å². The maximum atomic E-state index is 11.4. The molecular formula is C10H18O4S2. The highest BCUT2D eigenvalue weighted by atomic mass is 32.2. The summed E-state index contributed by atoms with van der Waals surface area (Å²) in [5.74, 6) is -1.37. The molecule has 0 saturated heterocycles. The summed E-state index contributed by atoms with van der Waals surface area (Å²) in [5.41, 5.74) is 0. The first-order valence-corrected chi connectivity index (χ1v) is 6.72. The molecular weight excluding hydrogens is 248 g/mol. The van der Waals surface area contributed by atoms with E-state index in [2.05, 4.69) is 12.6 Å². The normalized spacial score (nSPS) is 14.6. The molecule has 2 atom stereocenters. The Balaban J connectivity index is 4.23. The van der Waals surface area contributed by atoms with Gasteiger partial charge in [0.2, 0.25) is 6.10 Å². The van der Waals surface area contributed by atoms with E-state index in [4.69, 9.17) is 9.84 Å². The second-order valence-corrected chi connectivity index (χ2v) is 5.70. The molecule has 0 aliphatic rings. The van der Waals surface area contributed by atoms with Crippen LogP contribution in [0.15, 0.2) is 0 Å². The Kier molecular flexibility index (Phi) is 7.66. The van der Waals surface area contributed by atoms with Gasteiger partial charge in [-0.3, -0.25) is 4.79 Å². The Bertz CT molecular complexity index is 243. The second kappa shape index (κ2) is 7.84. The molecule has 0 spiro atoms. The van der Waals surface area contributed by atoms with Crippen LogP contribution < -0.4 is 0 Å². The molecule has 0 bridgehead atoms. The monoisotopic (exact) mass is 266 g/mol. The third kappa shape index (κ3) is 6.27. The van der Waals surface area contributed by atoms with Crippen molar-refractivity contribution < 1.29 is 19.4 Å². The maximum Gasteiger partial charge on any atom is 0.345 e. The van der Waals surface area contributed by atoms with Crippen molar-refractivity contribution >= 4 is 36.3 Å². The van der Waals surface area contributed by atoms with Gasteiger partial charge in [-0.25, -0.2) is 4.79 Å². The van der Waals surface area contributed by atoms with Crippen LogP contribution in [0.2, 0.25) is 0 Å². The summed E-state index contributed by atoms with van der Waals surface area (Å²) in [6.07, 6.45) is -1.07. The first kappa shape index (κ1) is 15.6. The molecule has 94 valence electrons. The van der Waals surface area contributed by atoms with Crippen LogP contribution in [0.3, 0.4) is 0 Å². The van der Waals surface area contributed by atoms with E-state index in [0.717, 1.165) is 0 Å². The van der Waals surface area contributed by atoms with Crippen molar-refractivity contribution in [3.63, 3.8) is 0 Å². The van der Waals surface area contributed by atoms with Crippen molar-refractivity contribution in [2.75, 3.05) is 11.5 Å². The molecule has 0 saturated carbocycles. The summed E-state index contributed by atoms with van der Waals surface area (Å²) >= 11 is 5.41. The van der Waals surface area contributed by atoms with Gasteiger partial charge in [-0.1, -0.05) is 20.8 Å². The Labute approximate surface area is 106 Å². The third-order valence-corrected chi connectivity index (χ3v) is 3.50. The number of hydrogen-bond donors (Lipinski definition) is 2. The van der Waals surface area contributed by atoms with Gasteiger partial charge in [-0.15, -0.1) is 0 Å². The van der Waals surface area contributed by atoms with Crippen LogP contribution in [0.25, 0.3) is 0 Å². The predicted molar refractivity (Wildman–Crippen MR) is 68.1 cm³/mol. The quantitative estimate of drug-likeness (QED) is 0.542. The number of esters is 1. The van der Waals surface area contributed by atoms with Gasteiger partial charge in [0.15, 0.2) is 0 Å². The molecule has 0 aromatic carbocycles. The highest BCUT2D eigenvalue weighted by Gasteiger charge is 2.24. The fourth-order valence-corrected chi connectivity index (χ4v) is 1.69. The molecule has 6 heteroatoms. The van der Waals surface area contributed by atoms with E-state index in [1.165, 1.54) is 11.8 Å². The smallest absolute Gasteiger partial charge is 0.345 e. The number of carboxylic acid groups (broad SMARTS) is 1. The van der Waals surface area contributed by atoms with Gasteiger partial charge in [0.1, 0.15) is 0 Å². The van der Waals surface area contributed by atoms with Gasteiger partial charge in [0.25, 0.3) is 0 Å². The van der Waals surface area contributed by atoms with E-state index in [9.17, 15) is 9.59 Å². The van der Waals surface area contributed by atoms with Gasteiger partial charge in [0, 0.05) is 11.5 Å². The Morgan fingerprint density at radius 2 is 1.94 bits per heavy atom. The van der Waals surface area contributed by atoms with E-state index in [-0.39, 0.29) is 11.7 Å². The Morgan fingerprint density at radius 1 is 1.38 bits per heavy atom. The zero-order valence-corrected chi connectivity index (χ0v) is 11.4. The zero-order valence-electron chi connectivity index (χ0n) is 9.67. The van der Waals surface area contributed by atoms with E-state index in [0.29, 0.717) is 11.0 Å². The largest absolute Gasteiger partial charge is 0.478 e. The molecule has 0 radical (unpaired) electrons. The lowest BCUT2D eigenvalue weighted by Crippen LogP contribution is -2.32. The Morgan fingerprint density at radius 3 is 2.31 bits per heavy atom. The molecule has 0 aliphatic carbocycles. The van der Waals surface area contributed by atoms with Gasteiger partial charge in [-0.2, -0.15) is 24.4 Å². The Hall–Kier alpha value is -0.360. The van der Waals surface area contributed by atoms with E-state index in [1.54, 1.807) is 6.92 Å².